The molecular formula is C11H23ClN2O. The average molecular weight is 235 g/mol. The highest BCUT2D eigenvalue weighted by Gasteiger charge is 2.11. The summed E-state index contributed by atoms with van der Waals surface area (Å²) in [6.07, 6.45) is 0.405. The maximum Gasteiger partial charge on any atom is 0.221 e. The van der Waals surface area contributed by atoms with Crippen LogP contribution in [0.5, 0.6) is 0 Å². The minimum Gasteiger partial charge on any atom is -0.355 e. The number of halogens is 1. The second-order valence-electron chi connectivity index (χ2n) is 4.43. The van der Waals surface area contributed by atoms with Gasteiger partial charge in [-0.15, -0.1) is 11.6 Å². The number of alkyl halides is 1. The Hall–Kier alpha value is -0.280. The molecule has 0 aliphatic carbocycles. The molecule has 3 nitrogen and oxygen atoms in total. The summed E-state index contributed by atoms with van der Waals surface area (Å²) in [6.45, 7) is 8.24. The van der Waals surface area contributed by atoms with E-state index in [1.165, 1.54) is 0 Å². The molecule has 0 aliphatic heterocycles. The third kappa shape index (κ3) is 7.63. The molecule has 0 aromatic rings. The SMILES string of the molecule is CC(C)CN(C)C(C)CNC(=O)CCCl. The van der Waals surface area contributed by atoms with Gasteiger partial charge < -0.3 is 10.2 Å². The van der Waals surface area contributed by atoms with Gasteiger partial charge in [-0.3, -0.25) is 4.79 Å². The molecule has 1 atom stereocenters. The van der Waals surface area contributed by atoms with Crippen LogP contribution in [0.4, 0.5) is 0 Å². The first-order valence-electron chi connectivity index (χ1n) is 5.50. The Morgan fingerprint density at radius 2 is 2.00 bits per heavy atom. The van der Waals surface area contributed by atoms with Crippen molar-refractivity contribution in [2.75, 3.05) is 26.0 Å². The van der Waals surface area contributed by atoms with Crippen LogP contribution in [0.2, 0.25) is 0 Å². The van der Waals surface area contributed by atoms with Crippen molar-refractivity contribution in [1.82, 2.24) is 10.2 Å². The molecule has 90 valence electrons. The molecular weight excluding hydrogens is 212 g/mol. The van der Waals surface area contributed by atoms with Crippen molar-refractivity contribution in [1.29, 1.82) is 0 Å². The molecule has 0 saturated heterocycles. The van der Waals surface area contributed by atoms with Crippen LogP contribution in [-0.2, 0) is 4.79 Å². The molecule has 0 heterocycles. The monoisotopic (exact) mass is 234 g/mol. The Kier molecular flexibility index (Phi) is 7.79. The number of nitrogens with zero attached hydrogens (tertiary/aromatic N) is 1. The Balaban J connectivity index is 3.72. The van der Waals surface area contributed by atoms with Crippen LogP contribution in [0, 0.1) is 5.92 Å². The summed E-state index contributed by atoms with van der Waals surface area (Å²) >= 11 is 5.47. The molecule has 0 spiro atoms. The lowest BCUT2D eigenvalue weighted by molar-refractivity contribution is -0.120. The minimum absolute atomic E-state index is 0.0368. The first-order chi connectivity index (χ1) is 6.97. The standard InChI is InChI=1S/C11H23ClN2O/c1-9(2)8-14(4)10(3)7-13-11(15)5-6-12/h9-10H,5-8H2,1-4H3,(H,13,15). The first-order valence-corrected chi connectivity index (χ1v) is 6.03. The molecule has 0 radical (unpaired) electrons. The molecule has 1 N–H and O–H groups in total. The molecule has 0 aromatic heterocycles. The fourth-order valence-electron chi connectivity index (χ4n) is 1.35. The summed E-state index contributed by atoms with van der Waals surface area (Å²) in [4.78, 5) is 13.4. The zero-order valence-corrected chi connectivity index (χ0v) is 11.0. The van der Waals surface area contributed by atoms with E-state index in [9.17, 15) is 4.79 Å². The highest BCUT2D eigenvalue weighted by molar-refractivity contribution is 6.18. The van der Waals surface area contributed by atoms with Gasteiger partial charge in [-0.05, 0) is 19.9 Å². The van der Waals surface area contributed by atoms with Crippen molar-refractivity contribution in [3.63, 3.8) is 0 Å². The van der Waals surface area contributed by atoms with Gasteiger partial charge in [0.25, 0.3) is 0 Å². The average Bonchev–Trinajstić information content (AvgIpc) is 2.13. The lowest BCUT2D eigenvalue weighted by atomic mass is 10.2. The summed E-state index contributed by atoms with van der Waals surface area (Å²) in [5.74, 6) is 1.08. The number of rotatable bonds is 7. The van der Waals surface area contributed by atoms with Gasteiger partial charge in [-0.25, -0.2) is 0 Å². The van der Waals surface area contributed by atoms with Crippen LogP contribution in [0.3, 0.4) is 0 Å². The quantitative estimate of drug-likeness (QED) is 0.681. The summed E-state index contributed by atoms with van der Waals surface area (Å²) in [6, 6.07) is 0.367. The van der Waals surface area contributed by atoms with E-state index in [4.69, 9.17) is 11.6 Å². The summed E-state index contributed by atoms with van der Waals surface area (Å²) in [5, 5.41) is 2.87. The minimum atomic E-state index is 0.0368. The zero-order valence-electron chi connectivity index (χ0n) is 10.2. The van der Waals surface area contributed by atoms with Crippen LogP contribution >= 0.6 is 11.6 Å². The topological polar surface area (TPSA) is 32.3 Å². The smallest absolute Gasteiger partial charge is 0.221 e. The Morgan fingerprint density at radius 1 is 1.40 bits per heavy atom. The van der Waals surface area contributed by atoms with Gasteiger partial charge in [-0.1, -0.05) is 13.8 Å². The van der Waals surface area contributed by atoms with E-state index in [0.29, 0.717) is 30.8 Å². The van der Waals surface area contributed by atoms with Gasteiger partial charge in [0.15, 0.2) is 0 Å². The predicted octanol–water partition coefficient (Wildman–Crippen LogP) is 1.71. The molecule has 15 heavy (non-hydrogen) atoms. The normalized spacial score (nSPS) is 13.3. The third-order valence-electron chi connectivity index (χ3n) is 2.32. The number of carbonyl (C=O) groups excluding carboxylic acids is 1. The third-order valence-corrected chi connectivity index (χ3v) is 2.51. The number of nitrogens with one attached hydrogen (secondary N) is 1. The second-order valence-corrected chi connectivity index (χ2v) is 4.80. The van der Waals surface area contributed by atoms with Crippen molar-refractivity contribution in [2.24, 2.45) is 5.92 Å². The van der Waals surface area contributed by atoms with Crippen LogP contribution < -0.4 is 5.32 Å². The van der Waals surface area contributed by atoms with Gasteiger partial charge in [0.1, 0.15) is 0 Å². The van der Waals surface area contributed by atoms with Crippen molar-refractivity contribution in [2.45, 2.75) is 33.2 Å². The highest BCUT2D eigenvalue weighted by atomic mass is 35.5. The first kappa shape index (κ1) is 14.7. The van der Waals surface area contributed by atoms with Crippen molar-refractivity contribution >= 4 is 17.5 Å². The maximum absolute atomic E-state index is 11.2. The summed E-state index contributed by atoms with van der Waals surface area (Å²) < 4.78 is 0. The fraction of sp³-hybridized carbons (Fsp3) is 0.909. The van der Waals surface area contributed by atoms with E-state index >= 15 is 0 Å². The molecule has 0 aliphatic rings. The van der Waals surface area contributed by atoms with E-state index in [1.807, 2.05) is 0 Å². The van der Waals surface area contributed by atoms with Gasteiger partial charge in [0.05, 0.1) is 0 Å². The lowest BCUT2D eigenvalue weighted by Gasteiger charge is -2.26. The summed E-state index contributed by atoms with van der Waals surface area (Å²) in [7, 11) is 2.08. The highest BCUT2D eigenvalue weighted by Crippen LogP contribution is 2.00. The Morgan fingerprint density at radius 3 is 2.47 bits per heavy atom. The maximum atomic E-state index is 11.2. The zero-order chi connectivity index (χ0) is 11.8. The Bertz CT molecular complexity index is 185. The molecule has 0 fully saturated rings. The lowest BCUT2D eigenvalue weighted by Crippen LogP contribution is -2.41. The molecule has 0 bridgehead atoms. The fourth-order valence-corrected chi connectivity index (χ4v) is 1.52. The number of carbonyl (C=O) groups is 1. The van der Waals surface area contributed by atoms with Crippen LogP contribution in [-0.4, -0.2) is 42.9 Å². The van der Waals surface area contributed by atoms with Gasteiger partial charge in [0.2, 0.25) is 5.91 Å². The molecule has 4 heteroatoms. The van der Waals surface area contributed by atoms with Gasteiger partial charge in [-0.2, -0.15) is 0 Å². The number of hydrogen-bond acceptors (Lipinski definition) is 2. The molecule has 0 saturated carbocycles. The van der Waals surface area contributed by atoms with Crippen LogP contribution in [0.1, 0.15) is 27.2 Å². The number of amides is 1. The van der Waals surface area contributed by atoms with Gasteiger partial charge >= 0.3 is 0 Å². The predicted molar refractivity (Wildman–Crippen MR) is 65.3 cm³/mol. The Labute approximate surface area is 98.2 Å². The van der Waals surface area contributed by atoms with Crippen LogP contribution in [0.25, 0.3) is 0 Å². The van der Waals surface area contributed by atoms with E-state index in [0.717, 1.165) is 6.54 Å². The van der Waals surface area contributed by atoms with Gasteiger partial charge in [0, 0.05) is 31.4 Å². The molecule has 0 rings (SSSR count). The van der Waals surface area contributed by atoms with Crippen molar-refractivity contribution < 1.29 is 4.79 Å². The molecule has 0 aromatic carbocycles. The van der Waals surface area contributed by atoms with Crippen molar-refractivity contribution in [3.05, 3.63) is 0 Å². The van der Waals surface area contributed by atoms with E-state index in [-0.39, 0.29) is 5.91 Å². The van der Waals surface area contributed by atoms with Crippen molar-refractivity contribution in [3.8, 4) is 0 Å². The van der Waals surface area contributed by atoms with Crippen LogP contribution in [0.15, 0.2) is 0 Å². The summed E-state index contributed by atoms with van der Waals surface area (Å²) in [5.41, 5.74) is 0. The van der Waals surface area contributed by atoms with E-state index in [2.05, 4.69) is 38.0 Å². The second kappa shape index (κ2) is 7.94. The molecule has 1 amide bonds. The number of likely N-dealkylation sites (N-methyl/N-ethyl adjacent to an activating group) is 1. The molecule has 1 unspecified atom stereocenters. The number of hydrogen-bond donors (Lipinski definition) is 1. The van der Waals surface area contributed by atoms with E-state index in [1.54, 1.807) is 0 Å². The largest absolute Gasteiger partial charge is 0.355 e. The van der Waals surface area contributed by atoms with E-state index < -0.39 is 0 Å².